The topological polar surface area (TPSA) is 55.2 Å². The third kappa shape index (κ3) is 3.67. The molecule has 2 heterocycles. The molecule has 0 unspecified atom stereocenters. The molecule has 0 radical (unpaired) electrons. The minimum absolute atomic E-state index is 0.0467. The standard InChI is InChI=1S/C25H24FN3O2/c26-21-12-5-4-11-20(21)25(31)28-15-18-9-6-10-19(16-28)24(18)29-23(30)14-13-22(27-29)17-7-2-1-3-8-17/h1-5,7-8,11-14,18-19,24H,6,9-10,15-16H2/t18-,19-/m0/s1. The summed E-state index contributed by atoms with van der Waals surface area (Å²) in [5.74, 6) is -0.515. The fourth-order valence-corrected chi connectivity index (χ4v) is 5.18. The highest BCUT2D eigenvalue weighted by molar-refractivity contribution is 5.94. The van der Waals surface area contributed by atoms with Crippen LogP contribution in [-0.4, -0.2) is 33.7 Å². The van der Waals surface area contributed by atoms with Crippen molar-refractivity contribution in [2.45, 2.75) is 25.3 Å². The van der Waals surface area contributed by atoms with Crippen molar-refractivity contribution in [3.05, 3.63) is 88.5 Å². The van der Waals surface area contributed by atoms with Gasteiger partial charge in [0.1, 0.15) is 5.82 Å². The lowest BCUT2D eigenvalue weighted by Crippen LogP contribution is -2.53. The van der Waals surface area contributed by atoms with E-state index < -0.39 is 5.82 Å². The van der Waals surface area contributed by atoms with E-state index >= 15 is 0 Å². The first-order valence-corrected chi connectivity index (χ1v) is 10.8. The van der Waals surface area contributed by atoms with E-state index in [-0.39, 0.29) is 34.9 Å². The number of hydrogen-bond donors (Lipinski definition) is 0. The van der Waals surface area contributed by atoms with Gasteiger partial charge in [0.25, 0.3) is 11.5 Å². The number of carbonyl (C=O) groups excluding carboxylic acids is 1. The molecular formula is C25H24FN3O2. The van der Waals surface area contributed by atoms with E-state index in [0.29, 0.717) is 13.1 Å². The van der Waals surface area contributed by atoms with Crippen LogP contribution in [0.2, 0.25) is 0 Å². The van der Waals surface area contributed by atoms with Crippen LogP contribution in [0.1, 0.15) is 35.7 Å². The Morgan fingerprint density at radius 1 is 0.903 bits per heavy atom. The van der Waals surface area contributed by atoms with Gasteiger partial charge in [-0.05, 0) is 42.9 Å². The number of nitrogens with zero attached hydrogens (tertiary/aromatic N) is 3. The molecule has 0 N–H and O–H groups in total. The largest absolute Gasteiger partial charge is 0.338 e. The Morgan fingerprint density at radius 3 is 2.29 bits per heavy atom. The van der Waals surface area contributed by atoms with E-state index in [1.807, 2.05) is 30.3 Å². The molecule has 5 rings (SSSR count). The molecule has 31 heavy (non-hydrogen) atoms. The fourth-order valence-electron chi connectivity index (χ4n) is 5.18. The minimum Gasteiger partial charge on any atom is -0.338 e. The first kappa shape index (κ1) is 19.7. The van der Waals surface area contributed by atoms with Gasteiger partial charge in [-0.1, -0.05) is 48.9 Å². The van der Waals surface area contributed by atoms with Crippen LogP contribution in [-0.2, 0) is 0 Å². The molecular weight excluding hydrogens is 393 g/mol. The van der Waals surface area contributed by atoms with Crippen LogP contribution in [0.15, 0.2) is 71.5 Å². The monoisotopic (exact) mass is 417 g/mol. The zero-order valence-electron chi connectivity index (χ0n) is 17.2. The Morgan fingerprint density at radius 2 is 1.58 bits per heavy atom. The molecule has 1 aliphatic heterocycles. The van der Waals surface area contributed by atoms with Gasteiger partial charge in [-0.25, -0.2) is 9.07 Å². The van der Waals surface area contributed by atoms with Crippen LogP contribution in [0.4, 0.5) is 4.39 Å². The second-order valence-electron chi connectivity index (χ2n) is 8.50. The van der Waals surface area contributed by atoms with Gasteiger partial charge in [0, 0.05) is 24.7 Å². The first-order chi connectivity index (χ1) is 15.1. The van der Waals surface area contributed by atoms with Gasteiger partial charge in [-0.2, -0.15) is 5.10 Å². The maximum absolute atomic E-state index is 14.2. The van der Waals surface area contributed by atoms with Gasteiger partial charge in [0.2, 0.25) is 0 Å². The average Bonchev–Trinajstić information content (AvgIpc) is 2.79. The molecule has 1 aliphatic carbocycles. The normalized spacial score (nSPS) is 22.9. The maximum atomic E-state index is 14.2. The highest BCUT2D eigenvalue weighted by Gasteiger charge is 2.43. The Labute approximate surface area is 180 Å². The molecule has 5 nitrogen and oxygen atoms in total. The summed E-state index contributed by atoms with van der Waals surface area (Å²) in [5.41, 5.74) is 1.73. The summed E-state index contributed by atoms with van der Waals surface area (Å²) in [6, 6.07) is 19.2. The molecule has 3 aromatic rings. The van der Waals surface area contributed by atoms with Crippen molar-refractivity contribution in [2.24, 2.45) is 11.8 Å². The Kier molecular flexibility index (Phi) is 5.14. The van der Waals surface area contributed by atoms with E-state index in [9.17, 15) is 14.0 Å². The van der Waals surface area contributed by atoms with Gasteiger partial charge in [0.05, 0.1) is 17.3 Å². The zero-order chi connectivity index (χ0) is 21.4. The molecule has 2 bridgehead atoms. The van der Waals surface area contributed by atoms with Gasteiger partial charge in [0.15, 0.2) is 0 Å². The number of aromatic nitrogens is 2. The fraction of sp³-hybridized carbons (Fsp3) is 0.320. The Balaban J connectivity index is 1.46. The molecule has 1 saturated carbocycles. The SMILES string of the molecule is O=C(c1ccccc1F)N1C[C@@H]2CCC[C@@H](C1)C2n1nc(-c2ccccc2)ccc1=O. The number of piperidine rings is 1. The molecule has 2 aromatic carbocycles. The van der Waals surface area contributed by atoms with Crippen molar-refractivity contribution >= 4 is 5.91 Å². The third-order valence-electron chi connectivity index (χ3n) is 6.59. The molecule has 6 heteroatoms. The maximum Gasteiger partial charge on any atom is 0.267 e. The molecule has 158 valence electrons. The summed E-state index contributed by atoms with van der Waals surface area (Å²) >= 11 is 0. The average molecular weight is 417 g/mol. The molecule has 2 aliphatic rings. The molecule has 1 aromatic heterocycles. The van der Waals surface area contributed by atoms with E-state index in [4.69, 9.17) is 5.10 Å². The number of halogens is 1. The number of carbonyl (C=O) groups is 1. The Bertz CT molecular complexity index is 1150. The van der Waals surface area contributed by atoms with Crippen molar-refractivity contribution < 1.29 is 9.18 Å². The van der Waals surface area contributed by atoms with E-state index in [2.05, 4.69) is 0 Å². The lowest BCUT2D eigenvalue weighted by Gasteiger charge is -2.47. The quantitative estimate of drug-likeness (QED) is 0.643. The Hall–Kier alpha value is -3.28. The van der Waals surface area contributed by atoms with E-state index in [1.54, 1.807) is 33.8 Å². The number of benzene rings is 2. The number of fused-ring (bicyclic) bond motifs is 2. The first-order valence-electron chi connectivity index (χ1n) is 10.8. The predicted octanol–water partition coefficient (Wildman–Crippen LogP) is 4.16. The molecule has 1 amide bonds. The predicted molar refractivity (Wildman–Crippen MR) is 116 cm³/mol. The van der Waals surface area contributed by atoms with Crippen LogP contribution in [0.3, 0.4) is 0 Å². The summed E-state index contributed by atoms with van der Waals surface area (Å²) in [4.78, 5) is 27.5. The summed E-state index contributed by atoms with van der Waals surface area (Å²) < 4.78 is 15.8. The lowest BCUT2D eigenvalue weighted by molar-refractivity contribution is 0.0193. The smallest absolute Gasteiger partial charge is 0.267 e. The second-order valence-corrected chi connectivity index (χ2v) is 8.50. The zero-order valence-corrected chi connectivity index (χ0v) is 17.2. The summed E-state index contributed by atoms with van der Waals surface area (Å²) in [7, 11) is 0. The van der Waals surface area contributed by atoms with Crippen LogP contribution < -0.4 is 5.56 Å². The van der Waals surface area contributed by atoms with Gasteiger partial charge < -0.3 is 4.90 Å². The number of rotatable bonds is 3. The minimum atomic E-state index is -0.492. The van der Waals surface area contributed by atoms with Crippen LogP contribution in [0.25, 0.3) is 11.3 Å². The van der Waals surface area contributed by atoms with Crippen molar-refractivity contribution in [1.82, 2.24) is 14.7 Å². The van der Waals surface area contributed by atoms with Crippen LogP contribution in [0.5, 0.6) is 0 Å². The van der Waals surface area contributed by atoms with Crippen molar-refractivity contribution in [3.63, 3.8) is 0 Å². The molecule has 1 saturated heterocycles. The molecule has 2 atom stereocenters. The third-order valence-corrected chi connectivity index (χ3v) is 6.59. The second kappa shape index (κ2) is 8.10. The molecule has 0 spiro atoms. The van der Waals surface area contributed by atoms with E-state index in [0.717, 1.165) is 30.5 Å². The highest BCUT2D eigenvalue weighted by atomic mass is 19.1. The van der Waals surface area contributed by atoms with Crippen molar-refractivity contribution in [1.29, 1.82) is 0 Å². The summed E-state index contributed by atoms with van der Waals surface area (Å²) in [6.07, 6.45) is 2.92. The van der Waals surface area contributed by atoms with Crippen molar-refractivity contribution in [2.75, 3.05) is 13.1 Å². The van der Waals surface area contributed by atoms with Crippen LogP contribution >= 0.6 is 0 Å². The number of likely N-dealkylation sites (tertiary alicyclic amines) is 1. The summed E-state index contributed by atoms with van der Waals surface area (Å²) in [5, 5.41) is 4.73. The van der Waals surface area contributed by atoms with Crippen molar-refractivity contribution in [3.8, 4) is 11.3 Å². The van der Waals surface area contributed by atoms with Gasteiger partial charge in [-0.15, -0.1) is 0 Å². The highest BCUT2D eigenvalue weighted by Crippen LogP contribution is 2.42. The molecule has 2 fully saturated rings. The number of hydrogen-bond acceptors (Lipinski definition) is 3. The van der Waals surface area contributed by atoms with Gasteiger partial charge in [-0.3, -0.25) is 9.59 Å². The van der Waals surface area contributed by atoms with Crippen LogP contribution in [0, 0.1) is 17.7 Å². The van der Waals surface area contributed by atoms with E-state index in [1.165, 1.54) is 12.1 Å². The summed E-state index contributed by atoms with van der Waals surface area (Å²) in [6.45, 7) is 1.02. The van der Waals surface area contributed by atoms with Gasteiger partial charge >= 0.3 is 0 Å². The lowest BCUT2D eigenvalue weighted by atomic mass is 9.73. The number of amides is 1.